The number of nitrogens with zero attached hydrogens (tertiary/aromatic N) is 2. The fourth-order valence-electron chi connectivity index (χ4n) is 4.41. The van der Waals surface area contributed by atoms with Gasteiger partial charge in [0.15, 0.2) is 0 Å². The fourth-order valence-corrected chi connectivity index (χ4v) is 4.41. The zero-order chi connectivity index (χ0) is 18.0. The molecule has 0 aromatic carbocycles. The first-order chi connectivity index (χ1) is 12.0. The molecular weight excluding hydrogens is 318 g/mol. The quantitative estimate of drug-likeness (QED) is 0.778. The summed E-state index contributed by atoms with van der Waals surface area (Å²) in [4.78, 5) is 41.2. The zero-order valence-electron chi connectivity index (χ0n) is 15.3. The van der Waals surface area contributed by atoms with Crippen molar-refractivity contribution in [1.82, 2.24) is 15.1 Å². The summed E-state index contributed by atoms with van der Waals surface area (Å²) in [6, 6.07) is -0.413. The summed E-state index contributed by atoms with van der Waals surface area (Å²) in [5.41, 5.74) is 0.248. The number of rotatable bonds is 5. The first kappa shape index (κ1) is 18.0. The van der Waals surface area contributed by atoms with Gasteiger partial charge in [-0.25, -0.2) is 4.79 Å². The summed E-state index contributed by atoms with van der Waals surface area (Å²) in [5, 5.41) is 2.92. The molecule has 2 fully saturated rings. The molecule has 1 saturated carbocycles. The van der Waals surface area contributed by atoms with Crippen LogP contribution in [0.1, 0.15) is 65.2 Å². The normalized spacial score (nSPS) is 29.1. The van der Waals surface area contributed by atoms with Crippen LogP contribution in [0.5, 0.6) is 0 Å². The van der Waals surface area contributed by atoms with E-state index < -0.39 is 11.6 Å². The Morgan fingerprint density at radius 1 is 1.36 bits per heavy atom. The van der Waals surface area contributed by atoms with Gasteiger partial charge < -0.3 is 10.2 Å². The lowest BCUT2D eigenvalue weighted by molar-refractivity contribution is -0.139. The molecular formula is C19H29N3O3. The van der Waals surface area contributed by atoms with Gasteiger partial charge in [-0.3, -0.25) is 14.5 Å². The van der Waals surface area contributed by atoms with E-state index in [1.165, 1.54) is 0 Å². The van der Waals surface area contributed by atoms with Crippen molar-refractivity contribution in [2.75, 3.05) is 13.1 Å². The summed E-state index contributed by atoms with van der Waals surface area (Å²) in [6.45, 7) is 4.53. The number of amides is 4. The van der Waals surface area contributed by atoms with Crippen molar-refractivity contribution in [3.63, 3.8) is 0 Å². The van der Waals surface area contributed by atoms with Gasteiger partial charge in [-0.15, -0.1) is 0 Å². The highest BCUT2D eigenvalue weighted by atomic mass is 16.2. The van der Waals surface area contributed by atoms with Crippen LogP contribution in [0.2, 0.25) is 0 Å². The summed E-state index contributed by atoms with van der Waals surface area (Å²) in [5.74, 6) is -0.254. The molecule has 1 aliphatic heterocycles. The second-order valence-corrected chi connectivity index (χ2v) is 7.57. The highest BCUT2D eigenvalue weighted by molar-refractivity contribution is 6.09. The van der Waals surface area contributed by atoms with Gasteiger partial charge in [0, 0.05) is 12.2 Å². The molecule has 0 unspecified atom stereocenters. The molecule has 1 N–H and O–H groups in total. The Morgan fingerprint density at radius 3 is 2.80 bits per heavy atom. The minimum atomic E-state index is -0.794. The molecule has 138 valence electrons. The molecule has 6 heteroatoms. The van der Waals surface area contributed by atoms with Crippen LogP contribution in [0.15, 0.2) is 11.8 Å². The van der Waals surface area contributed by atoms with Crippen LogP contribution in [-0.4, -0.2) is 46.3 Å². The summed E-state index contributed by atoms with van der Waals surface area (Å²) in [6.07, 6.45) is 9.53. The first-order valence-corrected chi connectivity index (χ1v) is 9.63. The Morgan fingerprint density at radius 2 is 2.16 bits per heavy atom. The van der Waals surface area contributed by atoms with E-state index in [2.05, 4.69) is 11.4 Å². The van der Waals surface area contributed by atoms with Gasteiger partial charge >= 0.3 is 6.03 Å². The molecule has 0 bridgehead atoms. The van der Waals surface area contributed by atoms with Gasteiger partial charge in [0.1, 0.15) is 12.1 Å². The van der Waals surface area contributed by atoms with E-state index in [0.29, 0.717) is 13.0 Å². The van der Waals surface area contributed by atoms with Crippen LogP contribution in [0.25, 0.3) is 0 Å². The molecule has 4 amide bonds. The number of imide groups is 1. The van der Waals surface area contributed by atoms with E-state index in [0.717, 1.165) is 55.5 Å². The van der Waals surface area contributed by atoms with Gasteiger partial charge in [0.25, 0.3) is 5.91 Å². The molecule has 0 radical (unpaired) electrons. The van der Waals surface area contributed by atoms with Gasteiger partial charge in [0.2, 0.25) is 5.91 Å². The maximum Gasteiger partial charge on any atom is 0.325 e. The number of carbonyl (C=O) groups excluding carboxylic acids is 3. The lowest BCUT2D eigenvalue weighted by atomic mass is 9.73. The second kappa shape index (κ2) is 7.18. The number of carbonyl (C=O) groups is 3. The maximum atomic E-state index is 13.0. The van der Waals surface area contributed by atoms with E-state index in [1.54, 1.807) is 4.90 Å². The first-order valence-electron chi connectivity index (χ1n) is 9.63. The number of hydrogen-bond acceptors (Lipinski definition) is 3. The van der Waals surface area contributed by atoms with E-state index in [-0.39, 0.29) is 24.3 Å². The molecule has 0 aromatic heterocycles. The third-order valence-corrected chi connectivity index (χ3v) is 5.91. The molecule has 1 heterocycles. The standard InChI is InChI=1S/C19H29N3O3/c1-3-12-21(15-9-4-5-10-15)16(23)13-22-17(24)19(20-18(22)25)11-7-6-8-14(19)2/h9,14H,3-8,10-13H2,1-2H3,(H,20,25)/t14-,19-/m0/s1. The van der Waals surface area contributed by atoms with Crippen LogP contribution < -0.4 is 5.32 Å². The predicted octanol–water partition coefficient (Wildman–Crippen LogP) is 2.79. The minimum absolute atomic E-state index is 0.113. The van der Waals surface area contributed by atoms with Crippen molar-refractivity contribution < 1.29 is 14.4 Å². The van der Waals surface area contributed by atoms with Crippen LogP contribution in [0, 0.1) is 5.92 Å². The Kier molecular flexibility index (Phi) is 5.16. The Balaban J connectivity index is 1.74. The Hall–Kier alpha value is -1.85. The average Bonchev–Trinajstić information content (AvgIpc) is 3.19. The van der Waals surface area contributed by atoms with Crippen LogP contribution in [0.4, 0.5) is 4.79 Å². The number of allylic oxidation sites excluding steroid dienone is 2. The van der Waals surface area contributed by atoms with Crippen LogP contribution >= 0.6 is 0 Å². The molecule has 6 nitrogen and oxygen atoms in total. The third kappa shape index (κ3) is 3.18. The highest BCUT2D eigenvalue weighted by Gasteiger charge is 2.55. The molecule has 1 spiro atoms. The van der Waals surface area contributed by atoms with Crippen molar-refractivity contribution in [2.45, 2.75) is 70.8 Å². The fraction of sp³-hybridized carbons (Fsp3) is 0.737. The molecule has 3 aliphatic rings. The Labute approximate surface area is 149 Å². The van der Waals surface area contributed by atoms with Crippen molar-refractivity contribution in [3.05, 3.63) is 11.8 Å². The van der Waals surface area contributed by atoms with E-state index >= 15 is 0 Å². The Bertz CT molecular complexity index is 601. The molecule has 25 heavy (non-hydrogen) atoms. The number of urea groups is 1. The minimum Gasteiger partial charge on any atom is -0.323 e. The SMILES string of the molecule is CCCN(C(=O)CN1C(=O)N[C@]2(CCCC[C@@H]2C)C1=O)C1=CCCC1. The van der Waals surface area contributed by atoms with Crippen molar-refractivity contribution in [2.24, 2.45) is 5.92 Å². The third-order valence-electron chi connectivity index (χ3n) is 5.91. The van der Waals surface area contributed by atoms with Crippen LogP contribution in [-0.2, 0) is 9.59 Å². The smallest absolute Gasteiger partial charge is 0.323 e. The monoisotopic (exact) mass is 347 g/mol. The van der Waals surface area contributed by atoms with Gasteiger partial charge in [0.05, 0.1) is 0 Å². The van der Waals surface area contributed by atoms with Crippen molar-refractivity contribution in [1.29, 1.82) is 0 Å². The summed E-state index contributed by atoms with van der Waals surface area (Å²) >= 11 is 0. The lowest BCUT2D eigenvalue weighted by Gasteiger charge is -2.36. The molecule has 3 rings (SSSR count). The number of nitrogens with one attached hydrogen (secondary N) is 1. The average molecular weight is 347 g/mol. The molecule has 2 aliphatic carbocycles. The van der Waals surface area contributed by atoms with E-state index in [9.17, 15) is 14.4 Å². The zero-order valence-corrected chi connectivity index (χ0v) is 15.3. The summed E-state index contributed by atoms with van der Waals surface area (Å²) in [7, 11) is 0. The molecule has 2 atom stereocenters. The topological polar surface area (TPSA) is 69.7 Å². The van der Waals surface area contributed by atoms with Crippen LogP contribution in [0.3, 0.4) is 0 Å². The molecule has 1 saturated heterocycles. The van der Waals surface area contributed by atoms with Crippen molar-refractivity contribution in [3.8, 4) is 0 Å². The number of hydrogen-bond donors (Lipinski definition) is 1. The van der Waals surface area contributed by atoms with Gasteiger partial charge in [-0.05, 0) is 44.4 Å². The van der Waals surface area contributed by atoms with Gasteiger partial charge in [-0.1, -0.05) is 32.8 Å². The highest BCUT2D eigenvalue weighted by Crippen LogP contribution is 2.38. The van der Waals surface area contributed by atoms with E-state index in [4.69, 9.17) is 0 Å². The van der Waals surface area contributed by atoms with E-state index in [1.807, 2.05) is 13.8 Å². The predicted molar refractivity (Wildman–Crippen MR) is 94.5 cm³/mol. The van der Waals surface area contributed by atoms with Gasteiger partial charge in [-0.2, -0.15) is 0 Å². The van der Waals surface area contributed by atoms with Crippen molar-refractivity contribution >= 4 is 17.8 Å². The maximum absolute atomic E-state index is 13.0. The molecule has 0 aromatic rings. The lowest BCUT2D eigenvalue weighted by Crippen LogP contribution is -2.54. The largest absolute Gasteiger partial charge is 0.325 e. The summed E-state index contributed by atoms with van der Waals surface area (Å²) < 4.78 is 0. The second-order valence-electron chi connectivity index (χ2n) is 7.57.